The van der Waals surface area contributed by atoms with Crippen LogP contribution in [0, 0.1) is 6.92 Å². The van der Waals surface area contributed by atoms with E-state index in [9.17, 15) is 4.39 Å². The van der Waals surface area contributed by atoms with Crippen molar-refractivity contribution in [2.24, 2.45) is 0 Å². The Morgan fingerprint density at radius 3 is 3.00 bits per heavy atom. The second-order valence-electron chi connectivity index (χ2n) is 5.75. The zero-order valence-corrected chi connectivity index (χ0v) is 13.6. The van der Waals surface area contributed by atoms with E-state index in [1.54, 1.807) is 17.5 Å². The number of anilines is 1. The molecule has 7 heteroatoms. The van der Waals surface area contributed by atoms with E-state index in [1.165, 1.54) is 11.2 Å². The molecule has 0 spiro atoms. The molecule has 5 nitrogen and oxygen atoms in total. The minimum atomic E-state index is -0.793. The van der Waals surface area contributed by atoms with Gasteiger partial charge in [0.1, 0.15) is 18.3 Å². The largest absolute Gasteiger partial charge is 0.349 e. The fourth-order valence-electron chi connectivity index (χ4n) is 2.94. The summed E-state index contributed by atoms with van der Waals surface area (Å²) in [6.45, 7) is 4.07. The van der Waals surface area contributed by atoms with Crippen LogP contribution in [0.1, 0.15) is 16.3 Å². The van der Waals surface area contributed by atoms with Gasteiger partial charge in [-0.1, -0.05) is 0 Å². The van der Waals surface area contributed by atoms with Crippen LogP contribution in [-0.2, 0) is 6.54 Å². The molecule has 118 valence electrons. The summed E-state index contributed by atoms with van der Waals surface area (Å²) >= 11 is 1.71. The Bertz CT molecular complexity index is 605. The molecule has 0 aromatic carbocycles. The lowest BCUT2D eigenvalue weighted by atomic mass is 10.2. The summed E-state index contributed by atoms with van der Waals surface area (Å²) in [6.07, 6.45) is 4.90. The van der Waals surface area contributed by atoms with Gasteiger partial charge in [-0.15, -0.1) is 11.3 Å². The minimum Gasteiger partial charge on any atom is -0.349 e. The highest BCUT2D eigenvalue weighted by atomic mass is 32.1. The van der Waals surface area contributed by atoms with E-state index >= 15 is 0 Å². The Labute approximate surface area is 133 Å². The number of nitrogens with zero attached hydrogens (tertiary/aromatic N) is 5. The summed E-state index contributed by atoms with van der Waals surface area (Å²) in [5.74, 6) is 0.808. The average Bonchev–Trinajstić information content (AvgIpc) is 3.06. The van der Waals surface area contributed by atoms with Crippen LogP contribution in [-0.4, -0.2) is 52.2 Å². The molecule has 0 saturated carbocycles. The Balaban J connectivity index is 1.64. The maximum absolute atomic E-state index is 13.9. The zero-order chi connectivity index (χ0) is 15.5. The van der Waals surface area contributed by atoms with Crippen LogP contribution < -0.4 is 4.90 Å². The predicted octanol–water partition coefficient (Wildman–Crippen LogP) is 2.29. The number of rotatable bonds is 5. The molecular weight excluding hydrogens is 301 g/mol. The lowest BCUT2D eigenvalue weighted by Crippen LogP contribution is -2.39. The van der Waals surface area contributed by atoms with Gasteiger partial charge in [0.05, 0.1) is 11.6 Å². The molecule has 3 heterocycles. The number of halogens is 1. The third-order valence-electron chi connectivity index (χ3n) is 3.84. The van der Waals surface area contributed by atoms with Gasteiger partial charge in [-0.25, -0.2) is 19.3 Å². The van der Waals surface area contributed by atoms with Crippen LogP contribution in [0.15, 0.2) is 24.8 Å². The Morgan fingerprint density at radius 1 is 1.45 bits per heavy atom. The SMILES string of the molecule is Cc1ncc(CN(C)C[C@@H]2C[C@H](F)CN2c2ccncn2)s1. The van der Waals surface area contributed by atoms with Gasteiger partial charge in [0, 0.05) is 42.8 Å². The fraction of sp³-hybridized carbons (Fsp3) is 0.533. The standard InChI is InChI=1S/C15H20FN5S/c1-11-18-6-14(22-11)9-20(2)8-13-5-12(16)7-21(13)15-3-4-17-10-19-15/h3-4,6,10,12-13H,5,7-9H2,1-2H3/t12-,13-/m0/s1. The molecule has 2 aromatic rings. The van der Waals surface area contributed by atoms with Crippen molar-refractivity contribution in [3.63, 3.8) is 0 Å². The smallest absolute Gasteiger partial charge is 0.132 e. The van der Waals surface area contributed by atoms with Gasteiger partial charge in [0.25, 0.3) is 0 Å². The van der Waals surface area contributed by atoms with Crippen LogP contribution in [0.25, 0.3) is 0 Å². The van der Waals surface area contributed by atoms with E-state index in [2.05, 4.69) is 31.8 Å². The van der Waals surface area contributed by atoms with Gasteiger partial charge in [-0.2, -0.15) is 0 Å². The summed E-state index contributed by atoms with van der Waals surface area (Å²) in [6, 6.07) is 1.99. The molecule has 1 saturated heterocycles. The quantitative estimate of drug-likeness (QED) is 0.845. The zero-order valence-electron chi connectivity index (χ0n) is 12.8. The van der Waals surface area contributed by atoms with E-state index in [4.69, 9.17) is 0 Å². The molecule has 0 aliphatic carbocycles. The molecule has 22 heavy (non-hydrogen) atoms. The van der Waals surface area contributed by atoms with E-state index in [-0.39, 0.29) is 6.04 Å². The topological polar surface area (TPSA) is 45.2 Å². The molecule has 0 unspecified atom stereocenters. The first-order chi connectivity index (χ1) is 10.6. The Morgan fingerprint density at radius 2 is 2.32 bits per heavy atom. The number of alkyl halides is 1. The minimum absolute atomic E-state index is 0.143. The number of aryl methyl sites for hydroxylation is 1. The predicted molar refractivity (Wildman–Crippen MR) is 85.9 cm³/mol. The highest BCUT2D eigenvalue weighted by Gasteiger charge is 2.33. The third-order valence-corrected chi connectivity index (χ3v) is 4.74. The molecular formula is C15H20FN5S. The van der Waals surface area contributed by atoms with Crippen LogP contribution in [0.3, 0.4) is 0 Å². The van der Waals surface area contributed by atoms with Gasteiger partial charge < -0.3 is 4.90 Å². The van der Waals surface area contributed by atoms with Crippen molar-refractivity contribution < 1.29 is 4.39 Å². The van der Waals surface area contributed by atoms with Crippen LogP contribution in [0.2, 0.25) is 0 Å². The van der Waals surface area contributed by atoms with Crippen molar-refractivity contribution >= 4 is 17.2 Å². The van der Waals surface area contributed by atoms with Gasteiger partial charge in [0.15, 0.2) is 0 Å². The summed E-state index contributed by atoms with van der Waals surface area (Å²) in [5, 5.41) is 1.08. The summed E-state index contributed by atoms with van der Waals surface area (Å²) < 4.78 is 13.9. The number of hydrogen-bond acceptors (Lipinski definition) is 6. The lowest BCUT2D eigenvalue weighted by molar-refractivity contribution is 0.291. The first-order valence-corrected chi connectivity index (χ1v) is 8.20. The second kappa shape index (κ2) is 6.66. The molecule has 3 rings (SSSR count). The fourth-order valence-corrected chi connectivity index (χ4v) is 3.81. The number of hydrogen-bond donors (Lipinski definition) is 0. The second-order valence-corrected chi connectivity index (χ2v) is 7.07. The van der Waals surface area contributed by atoms with Crippen molar-refractivity contribution in [3.05, 3.63) is 34.7 Å². The van der Waals surface area contributed by atoms with Crippen molar-refractivity contribution in [3.8, 4) is 0 Å². The molecule has 1 aliphatic heterocycles. The Hall–Kier alpha value is -1.60. The molecule has 2 atom stereocenters. The summed E-state index contributed by atoms with van der Waals surface area (Å²) in [7, 11) is 2.07. The van der Waals surface area contributed by atoms with E-state index in [1.807, 2.05) is 19.2 Å². The van der Waals surface area contributed by atoms with E-state index in [0.29, 0.717) is 13.0 Å². The monoisotopic (exact) mass is 321 g/mol. The van der Waals surface area contributed by atoms with Crippen LogP contribution in [0.5, 0.6) is 0 Å². The van der Waals surface area contributed by atoms with Gasteiger partial charge in [-0.05, 0) is 20.0 Å². The van der Waals surface area contributed by atoms with Crippen molar-refractivity contribution in [2.75, 3.05) is 25.0 Å². The van der Waals surface area contributed by atoms with E-state index in [0.717, 1.165) is 23.9 Å². The normalized spacial score (nSPS) is 21.7. The maximum atomic E-state index is 13.9. The highest BCUT2D eigenvalue weighted by Crippen LogP contribution is 2.26. The molecule has 0 N–H and O–H groups in total. The average molecular weight is 321 g/mol. The van der Waals surface area contributed by atoms with Crippen LogP contribution >= 0.6 is 11.3 Å². The molecule has 0 bridgehead atoms. The molecule has 0 radical (unpaired) electrons. The summed E-state index contributed by atoms with van der Waals surface area (Å²) in [5.41, 5.74) is 0. The maximum Gasteiger partial charge on any atom is 0.132 e. The van der Waals surface area contributed by atoms with Crippen LogP contribution in [0.4, 0.5) is 10.2 Å². The lowest BCUT2D eigenvalue weighted by Gasteiger charge is -2.28. The number of thiazole rings is 1. The molecule has 0 amide bonds. The van der Waals surface area contributed by atoms with E-state index < -0.39 is 6.17 Å². The van der Waals surface area contributed by atoms with Crippen molar-refractivity contribution in [2.45, 2.75) is 32.1 Å². The Kier molecular flexibility index (Phi) is 4.63. The van der Waals surface area contributed by atoms with Crippen molar-refractivity contribution in [1.82, 2.24) is 19.9 Å². The van der Waals surface area contributed by atoms with Gasteiger partial charge in [-0.3, -0.25) is 4.90 Å². The van der Waals surface area contributed by atoms with Gasteiger partial charge in [0.2, 0.25) is 0 Å². The van der Waals surface area contributed by atoms with Gasteiger partial charge >= 0.3 is 0 Å². The third kappa shape index (κ3) is 3.59. The number of aromatic nitrogens is 3. The first-order valence-electron chi connectivity index (χ1n) is 7.38. The molecule has 1 aliphatic rings. The first kappa shape index (κ1) is 15.3. The van der Waals surface area contributed by atoms with Crippen molar-refractivity contribution in [1.29, 1.82) is 0 Å². The highest BCUT2D eigenvalue weighted by molar-refractivity contribution is 7.11. The molecule has 1 fully saturated rings. The molecule has 2 aromatic heterocycles. The summed E-state index contributed by atoms with van der Waals surface area (Å²) in [4.78, 5) is 18.0. The number of likely N-dealkylation sites (N-methyl/N-ethyl adjacent to an activating group) is 1.